The average Bonchev–Trinajstić information content (AvgIpc) is 3.62. The predicted octanol–water partition coefficient (Wildman–Crippen LogP) is 3.22. The van der Waals surface area contributed by atoms with Crippen LogP contribution >= 0.6 is 0 Å². The van der Waals surface area contributed by atoms with Crippen molar-refractivity contribution in [3.05, 3.63) is 81.9 Å². The smallest absolute Gasteiger partial charge is 0.340 e. The van der Waals surface area contributed by atoms with E-state index in [1.807, 2.05) is 0 Å². The van der Waals surface area contributed by atoms with Crippen LogP contribution in [0.4, 0.5) is 10.2 Å². The molecule has 1 fully saturated rings. The number of nitrogens with zero attached hydrogens (tertiary/aromatic N) is 3. The van der Waals surface area contributed by atoms with E-state index in [1.165, 1.54) is 24.7 Å². The van der Waals surface area contributed by atoms with Gasteiger partial charge in [0.25, 0.3) is 0 Å². The Hall–Kier alpha value is -3.90. The molecule has 180 valence electrons. The minimum atomic E-state index is -3.96. The lowest BCUT2D eigenvalue weighted by atomic mass is 10.00. The standard InChI is InChI=1S/C23H20FN5O5S/c1-13-17-6-5-16(33-23-26-8-2-9-27-23)12-19(17)34-22(30)18(13)11-14-7-10-25-21(20(14)24)29-35(31,32)28-15-3-4-15/h2,5-10,12,15,28H,3-4,11H2,1H3,(H,25,29). The maximum absolute atomic E-state index is 15.1. The van der Waals surface area contributed by atoms with Crippen LogP contribution in [-0.2, 0) is 16.6 Å². The Morgan fingerprint density at radius 2 is 1.91 bits per heavy atom. The highest BCUT2D eigenvalue weighted by molar-refractivity contribution is 7.90. The molecule has 12 heteroatoms. The molecule has 0 unspecified atom stereocenters. The number of pyridine rings is 1. The molecule has 1 saturated carbocycles. The summed E-state index contributed by atoms with van der Waals surface area (Å²) in [5.41, 5.74) is 0.594. The number of aryl methyl sites for hydroxylation is 1. The molecule has 4 aromatic rings. The SMILES string of the molecule is Cc1c(Cc2ccnc(NS(=O)(=O)NC3CC3)c2F)c(=O)oc2cc(Oc3ncccn3)ccc12. The van der Waals surface area contributed by atoms with E-state index in [1.54, 1.807) is 31.2 Å². The molecule has 10 nitrogen and oxygen atoms in total. The van der Waals surface area contributed by atoms with Crippen LogP contribution in [0.1, 0.15) is 29.5 Å². The van der Waals surface area contributed by atoms with Crippen molar-refractivity contribution in [3.8, 4) is 11.8 Å². The lowest BCUT2D eigenvalue weighted by Gasteiger charge is -2.12. The number of ether oxygens (including phenoxy) is 1. The summed E-state index contributed by atoms with van der Waals surface area (Å²) in [4.78, 5) is 24.6. The van der Waals surface area contributed by atoms with Gasteiger partial charge in [-0.2, -0.15) is 13.1 Å². The van der Waals surface area contributed by atoms with Crippen LogP contribution in [0.5, 0.6) is 11.8 Å². The third kappa shape index (κ3) is 5.12. The first-order valence-electron chi connectivity index (χ1n) is 10.7. The summed E-state index contributed by atoms with van der Waals surface area (Å²) < 4.78 is 55.0. The number of halogens is 1. The van der Waals surface area contributed by atoms with E-state index in [2.05, 4.69) is 24.4 Å². The maximum atomic E-state index is 15.1. The summed E-state index contributed by atoms with van der Waals surface area (Å²) in [5, 5.41) is 0.643. The fourth-order valence-corrected chi connectivity index (χ4v) is 4.68. The van der Waals surface area contributed by atoms with Crippen molar-refractivity contribution in [1.82, 2.24) is 19.7 Å². The van der Waals surface area contributed by atoms with Crippen LogP contribution in [-0.4, -0.2) is 29.4 Å². The van der Waals surface area contributed by atoms with Crippen molar-refractivity contribution in [2.24, 2.45) is 0 Å². The molecule has 0 atom stereocenters. The zero-order chi connectivity index (χ0) is 24.6. The number of fused-ring (bicyclic) bond motifs is 1. The van der Waals surface area contributed by atoms with Crippen molar-refractivity contribution in [1.29, 1.82) is 0 Å². The highest BCUT2D eigenvalue weighted by Gasteiger charge is 2.28. The molecule has 1 aliphatic carbocycles. The number of aromatic nitrogens is 3. The van der Waals surface area contributed by atoms with Gasteiger partial charge in [0, 0.05) is 48.1 Å². The molecule has 1 aliphatic rings. The third-order valence-corrected chi connectivity index (χ3v) is 6.58. The summed E-state index contributed by atoms with van der Waals surface area (Å²) in [6.45, 7) is 1.73. The molecule has 0 radical (unpaired) electrons. The monoisotopic (exact) mass is 497 g/mol. The van der Waals surface area contributed by atoms with E-state index >= 15 is 4.39 Å². The second kappa shape index (κ2) is 9.04. The average molecular weight is 498 g/mol. The molecule has 3 heterocycles. The van der Waals surface area contributed by atoms with Gasteiger partial charge in [-0.05, 0) is 55.2 Å². The summed E-state index contributed by atoms with van der Waals surface area (Å²) in [7, 11) is -3.96. The van der Waals surface area contributed by atoms with Gasteiger partial charge in [0.2, 0.25) is 0 Å². The van der Waals surface area contributed by atoms with Gasteiger partial charge < -0.3 is 9.15 Å². The first-order chi connectivity index (χ1) is 16.8. The Balaban J connectivity index is 1.43. The van der Waals surface area contributed by atoms with Gasteiger partial charge in [-0.3, -0.25) is 4.72 Å². The molecule has 0 amide bonds. The van der Waals surface area contributed by atoms with Gasteiger partial charge in [0.15, 0.2) is 11.6 Å². The largest absolute Gasteiger partial charge is 0.424 e. The van der Waals surface area contributed by atoms with Crippen molar-refractivity contribution >= 4 is 27.0 Å². The normalized spacial score (nSPS) is 13.7. The summed E-state index contributed by atoms with van der Waals surface area (Å²) >= 11 is 0. The predicted molar refractivity (Wildman–Crippen MR) is 125 cm³/mol. The van der Waals surface area contributed by atoms with Crippen LogP contribution in [0.3, 0.4) is 0 Å². The van der Waals surface area contributed by atoms with E-state index in [4.69, 9.17) is 9.15 Å². The van der Waals surface area contributed by atoms with Crippen molar-refractivity contribution < 1.29 is 22.0 Å². The fourth-order valence-electron chi connectivity index (χ4n) is 3.54. The molecule has 0 aliphatic heterocycles. The Kier molecular flexibility index (Phi) is 5.91. The van der Waals surface area contributed by atoms with Crippen molar-refractivity contribution in [2.75, 3.05) is 4.72 Å². The maximum Gasteiger partial charge on any atom is 0.340 e. The summed E-state index contributed by atoms with van der Waals surface area (Å²) in [6.07, 6.45) is 5.72. The highest BCUT2D eigenvalue weighted by Crippen LogP contribution is 2.28. The van der Waals surface area contributed by atoms with Gasteiger partial charge in [-0.25, -0.2) is 24.1 Å². The number of hydrogen-bond donors (Lipinski definition) is 2. The van der Waals surface area contributed by atoms with Gasteiger partial charge >= 0.3 is 21.8 Å². The molecule has 2 N–H and O–H groups in total. The molecule has 3 aromatic heterocycles. The topological polar surface area (TPSA) is 136 Å². The van der Waals surface area contributed by atoms with Crippen molar-refractivity contribution in [3.63, 3.8) is 0 Å². The van der Waals surface area contributed by atoms with E-state index in [0.29, 0.717) is 22.3 Å². The van der Waals surface area contributed by atoms with Crippen LogP contribution in [0, 0.1) is 12.7 Å². The molecular weight excluding hydrogens is 477 g/mol. The van der Waals surface area contributed by atoms with E-state index in [-0.39, 0.29) is 29.6 Å². The molecule has 5 rings (SSSR count). The highest BCUT2D eigenvalue weighted by atomic mass is 32.2. The van der Waals surface area contributed by atoms with Gasteiger partial charge in [0.1, 0.15) is 11.3 Å². The summed E-state index contributed by atoms with van der Waals surface area (Å²) in [6, 6.07) is 8.01. The second-order valence-electron chi connectivity index (χ2n) is 8.09. The quantitative estimate of drug-likeness (QED) is 0.354. The molecule has 0 spiro atoms. The lowest BCUT2D eigenvalue weighted by molar-refractivity contribution is 0.440. The molecule has 1 aromatic carbocycles. The zero-order valence-corrected chi connectivity index (χ0v) is 19.3. The van der Waals surface area contributed by atoms with Gasteiger partial charge in [0.05, 0.1) is 0 Å². The number of hydrogen-bond acceptors (Lipinski definition) is 8. The Morgan fingerprint density at radius 3 is 2.66 bits per heavy atom. The van der Waals surface area contributed by atoms with Crippen molar-refractivity contribution in [2.45, 2.75) is 32.2 Å². The number of nitrogens with one attached hydrogen (secondary N) is 2. The third-order valence-electron chi connectivity index (χ3n) is 5.48. The molecular formula is C23H20FN5O5S. The number of anilines is 1. The lowest BCUT2D eigenvalue weighted by Crippen LogP contribution is -2.32. The minimum absolute atomic E-state index is 0.0973. The van der Waals surface area contributed by atoms with Crippen LogP contribution < -0.4 is 19.8 Å². The van der Waals surface area contributed by atoms with Gasteiger partial charge in [-0.15, -0.1) is 0 Å². The van der Waals surface area contributed by atoms with E-state index < -0.39 is 27.5 Å². The molecule has 0 saturated heterocycles. The molecule has 0 bridgehead atoms. The fraction of sp³-hybridized carbons (Fsp3) is 0.217. The van der Waals surface area contributed by atoms with E-state index in [0.717, 1.165) is 12.8 Å². The Morgan fingerprint density at radius 1 is 1.14 bits per heavy atom. The second-order valence-corrected chi connectivity index (χ2v) is 9.54. The molecule has 35 heavy (non-hydrogen) atoms. The van der Waals surface area contributed by atoms with Crippen LogP contribution in [0.2, 0.25) is 0 Å². The zero-order valence-electron chi connectivity index (χ0n) is 18.5. The minimum Gasteiger partial charge on any atom is -0.424 e. The number of benzene rings is 1. The van der Waals surface area contributed by atoms with Crippen LogP contribution in [0.25, 0.3) is 11.0 Å². The van der Waals surface area contributed by atoms with E-state index in [9.17, 15) is 13.2 Å². The first kappa shape index (κ1) is 22.9. The van der Waals surface area contributed by atoms with Gasteiger partial charge in [-0.1, -0.05) is 0 Å². The first-order valence-corrected chi connectivity index (χ1v) is 12.2. The van der Waals surface area contributed by atoms with Crippen LogP contribution in [0.15, 0.2) is 58.1 Å². The number of rotatable bonds is 8. The Bertz CT molecular complexity index is 1570. The summed E-state index contributed by atoms with van der Waals surface area (Å²) in [5.74, 6) is -0.918. The Labute approximate surface area is 199 Å².